The number of hydrogen-bond donors (Lipinski definition) is 2. The summed E-state index contributed by atoms with van der Waals surface area (Å²) in [4.78, 5) is 27.3. The highest BCUT2D eigenvalue weighted by Crippen LogP contribution is 2.26. The van der Waals surface area contributed by atoms with E-state index in [1.165, 1.54) is 16.7 Å². The minimum atomic E-state index is -1.07. The summed E-state index contributed by atoms with van der Waals surface area (Å²) >= 11 is 1.21. The Bertz CT molecular complexity index is 1010. The summed E-state index contributed by atoms with van der Waals surface area (Å²) < 4.78 is 7.38. The highest BCUT2D eigenvalue weighted by molar-refractivity contribution is 7.09. The standard InChI is InChI=1S/C19H21N3O4S/c1-11-12(2)22(6-7-26-3)16-5-4-13(8-14(11)16)18(23)20-9-17-21-15(10-27-17)19(24)25/h4-5,8,10H,6-7,9H2,1-3H3,(H,20,23)(H,24,25). The largest absolute Gasteiger partial charge is 0.476 e. The van der Waals surface area contributed by atoms with E-state index in [4.69, 9.17) is 9.84 Å². The number of nitrogens with zero attached hydrogens (tertiary/aromatic N) is 2. The number of thiazole rings is 1. The van der Waals surface area contributed by atoms with Crippen LogP contribution in [0.25, 0.3) is 10.9 Å². The minimum Gasteiger partial charge on any atom is -0.476 e. The molecule has 1 amide bonds. The number of benzene rings is 1. The molecule has 8 heteroatoms. The molecule has 0 atom stereocenters. The quantitative estimate of drug-likeness (QED) is 0.650. The number of aromatic nitrogens is 2. The maximum absolute atomic E-state index is 12.5. The molecule has 1 aromatic carbocycles. The topological polar surface area (TPSA) is 93.5 Å². The molecule has 0 saturated carbocycles. The zero-order valence-corrected chi connectivity index (χ0v) is 16.2. The Morgan fingerprint density at radius 1 is 1.33 bits per heavy atom. The number of fused-ring (bicyclic) bond motifs is 1. The SMILES string of the molecule is COCCn1c(C)c(C)c2cc(C(=O)NCc3nc(C(=O)O)cs3)ccc21. The van der Waals surface area contributed by atoms with Gasteiger partial charge in [0.25, 0.3) is 5.91 Å². The van der Waals surface area contributed by atoms with Gasteiger partial charge in [0.2, 0.25) is 0 Å². The van der Waals surface area contributed by atoms with Gasteiger partial charge in [0, 0.05) is 41.2 Å². The Morgan fingerprint density at radius 2 is 2.11 bits per heavy atom. The van der Waals surface area contributed by atoms with Gasteiger partial charge in [-0.2, -0.15) is 0 Å². The van der Waals surface area contributed by atoms with Crippen molar-refractivity contribution in [2.45, 2.75) is 26.9 Å². The second-order valence-electron chi connectivity index (χ2n) is 6.20. The Hall–Kier alpha value is -2.71. The maximum atomic E-state index is 12.5. The number of aromatic carboxylic acids is 1. The van der Waals surface area contributed by atoms with Crippen LogP contribution in [0, 0.1) is 13.8 Å². The van der Waals surface area contributed by atoms with Gasteiger partial charge in [-0.25, -0.2) is 9.78 Å². The number of carboxylic acids is 1. The number of aryl methyl sites for hydroxylation is 1. The third-order valence-electron chi connectivity index (χ3n) is 4.59. The van der Waals surface area contributed by atoms with E-state index < -0.39 is 5.97 Å². The minimum absolute atomic E-state index is 0.00540. The van der Waals surface area contributed by atoms with Crippen LogP contribution in [0.5, 0.6) is 0 Å². The van der Waals surface area contributed by atoms with E-state index in [-0.39, 0.29) is 18.1 Å². The summed E-state index contributed by atoms with van der Waals surface area (Å²) in [5.74, 6) is -1.29. The summed E-state index contributed by atoms with van der Waals surface area (Å²) in [5.41, 5.74) is 3.92. The van der Waals surface area contributed by atoms with Crippen molar-refractivity contribution in [2.75, 3.05) is 13.7 Å². The zero-order valence-electron chi connectivity index (χ0n) is 15.4. The van der Waals surface area contributed by atoms with Gasteiger partial charge < -0.3 is 19.7 Å². The monoisotopic (exact) mass is 387 g/mol. The molecular weight excluding hydrogens is 366 g/mol. The van der Waals surface area contributed by atoms with Crippen molar-refractivity contribution in [2.24, 2.45) is 0 Å². The Labute approximate surface area is 160 Å². The fraction of sp³-hybridized carbons (Fsp3) is 0.316. The molecule has 0 bridgehead atoms. The maximum Gasteiger partial charge on any atom is 0.355 e. The third kappa shape index (κ3) is 3.86. The molecule has 0 aliphatic rings. The highest BCUT2D eigenvalue weighted by atomic mass is 32.1. The molecule has 0 unspecified atom stereocenters. The number of nitrogens with one attached hydrogen (secondary N) is 1. The van der Waals surface area contributed by atoms with E-state index in [2.05, 4.69) is 21.8 Å². The number of ether oxygens (including phenoxy) is 1. The van der Waals surface area contributed by atoms with E-state index >= 15 is 0 Å². The smallest absolute Gasteiger partial charge is 0.355 e. The van der Waals surface area contributed by atoms with Crippen LogP contribution >= 0.6 is 11.3 Å². The molecule has 3 rings (SSSR count). The molecular formula is C19H21N3O4S. The van der Waals surface area contributed by atoms with E-state index in [1.54, 1.807) is 13.2 Å². The lowest BCUT2D eigenvalue weighted by Gasteiger charge is -2.08. The second-order valence-corrected chi connectivity index (χ2v) is 7.14. The van der Waals surface area contributed by atoms with Crippen LogP contribution in [-0.4, -0.2) is 40.3 Å². The first-order valence-corrected chi connectivity index (χ1v) is 9.34. The van der Waals surface area contributed by atoms with Crippen molar-refractivity contribution in [1.29, 1.82) is 0 Å². The predicted octanol–water partition coefficient (Wildman–Crippen LogP) is 2.99. The summed E-state index contributed by atoms with van der Waals surface area (Å²) in [6, 6.07) is 5.64. The normalized spacial score (nSPS) is 11.1. The lowest BCUT2D eigenvalue weighted by atomic mass is 10.1. The third-order valence-corrected chi connectivity index (χ3v) is 5.44. The molecule has 0 fully saturated rings. The van der Waals surface area contributed by atoms with E-state index in [0.29, 0.717) is 17.2 Å². The van der Waals surface area contributed by atoms with Crippen molar-refractivity contribution >= 4 is 34.1 Å². The molecule has 27 heavy (non-hydrogen) atoms. The Morgan fingerprint density at radius 3 is 2.78 bits per heavy atom. The molecule has 0 radical (unpaired) electrons. The number of carbonyl (C=O) groups excluding carboxylic acids is 1. The van der Waals surface area contributed by atoms with Crippen LogP contribution in [0.4, 0.5) is 0 Å². The average Bonchev–Trinajstić information content (AvgIpc) is 3.23. The number of amides is 1. The van der Waals surface area contributed by atoms with Gasteiger partial charge >= 0.3 is 5.97 Å². The van der Waals surface area contributed by atoms with Crippen LogP contribution in [-0.2, 0) is 17.8 Å². The van der Waals surface area contributed by atoms with E-state index in [0.717, 1.165) is 28.7 Å². The Balaban J connectivity index is 1.78. The second kappa shape index (κ2) is 7.89. The van der Waals surface area contributed by atoms with Crippen LogP contribution in [0.15, 0.2) is 23.6 Å². The lowest BCUT2D eigenvalue weighted by Crippen LogP contribution is -2.22. The molecule has 2 aromatic heterocycles. The molecule has 3 aromatic rings. The molecule has 7 nitrogen and oxygen atoms in total. The summed E-state index contributed by atoms with van der Waals surface area (Å²) in [6.07, 6.45) is 0. The first kappa shape index (κ1) is 19.1. The van der Waals surface area contributed by atoms with Crippen LogP contribution < -0.4 is 5.32 Å². The number of hydrogen-bond acceptors (Lipinski definition) is 5. The molecule has 2 heterocycles. The molecule has 0 spiro atoms. The van der Waals surface area contributed by atoms with Gasteiger partial charge in [-0.05, 0) is 37.6 Å². The van der Waals surface area contributed by atoms with E-state index in [9.17, 15) is 9.59 Å². The number of carbonyl (C=O) groups is 2. The lowest BCUT2D eigenvalue weighted by molar-refractivity contribution is 0.0691. The van der Waals surface area contributed by atoms with Crippen LogP contribution in [0.2, 0.25) is 0 Å². The van der Waals surface area contributed by atoms with Crippen molar-refractivity contribution in [1.82, 2.24) is 14.9 Å². The average molecular weight is 387 g/mol. The van der Waals surface area contributed by atoms with Crippen LogP contribution in [0.3, 0.4) is 0 Å². The van der Waals surface area contributed by atoms with Gasteiger partial charge in [0.1, 0.15) is 5.01 Å². The van der Waals surface area contributed by atoms with Gasteiger partial charge in [-0.1, -0.05) is 0 Å². The van der Waals surface area contributed by atoms with Gasteiger partial charge in [-0.15, -0.1) is 11.3 Å². The number of rotatable bonds is 7. The molecule has 0 aliphatic heterocycles. The fourth-order valence-corrected chi connectivity index (χ4v) is 3.72. The van der Waals surface area contributed by atoms with Crippen molar-refractivity contribution in [3.8, 4) is 0 Å². The van der Waals surface area contributed by atoms with Crippen molar-refractivity contribution in [3.63, 3.8) is 0 Å². The van der Waals surface area contributed by atoms with Gasteiger partial charge in [0.05, 0.1) is 13.2 Å². The summed E-state index contributed by atoms with van der Waals surface area (Å²) in [7, 11) is 1.68. The first-order valence-electron chi connectivity index (χ1n) is 8.46. The molecule has 0 saturated heterocycles. The fourth-order valence-electron chi connectivity index (χ4n) is 3.01. The van der Waals surface area contributed by atoms with Crippen LogP contribution in [0.1, 0.15) is 37.1 Å². The summed E-state index contributed by atoms with van der Waals surface area (Å²) in [6.45, 7) is 5.69. The molecule has 142 valence electrons. The Kier molecular flexibility index (Phi) is 5.57. The number of carboxylic acid groups (broad SMARTS) is 1. The molecule has 0 aliphatic carbocycles. The predicted molar refractivity (Wildman–Crippen MR) is 104 cm³/mol. The van der Waals surface area contributed by atoms with Gasteiger partial charge in [-0.3, -0.25) is 4.79 Å². The highest BCUT2D eigenvalue weighted by Gasteiger charge is 2.15. The number of methoxy groups -OCH3 is 1. The van der Waals surface area contributed by atoms with Crippen molar-refractivity contribution in [3.05, 3.63) is 51.1 Å². The van der Waals surface area contributed by atoms with Crippen molar-refractivity contribution < 1.29 is 19.4 Å². The van der Waals surface area contributed by atoms with Gasteiger partial charge in [0.15, 0.2) is 5.69 Å². The van der Waals surface area contributed by atoms with E-state index in [1.807, 2.05) is 19.1 Å². The zero-order chi connectivity index (χ0) is 19.6. The molecule has 2 N–H and O–H groups in total. The first-order chi connectivity index (χ1) is 12.9. The summed E-state index contributed by atoms with van der Waals surface area (Å²) in [5, 5.41) is 14.8.